The van der Waals surface area contributed by atoms with Crippen molar-refractivity contribution in [2.45, 2.75) is 32.6 Å². The Labute approximate surface area is 92.3 Å². The molecule has 0 saturated heterocycles. The van der Waals surface area contributed by atoms with Crippen LogP contribution in [0.3, 0.4) is 0 Å². The number of hydrogen-bond donors (Lipinski definition) is 0. The molecule has 1 atom stereocenters. The first-order valence-corrected chi connectivity index (χ1v) is 5.66. The minimum absolute atomic E-state index is 0.610. The first-order chi connectivity index (χ1) is 7.24. The molecule has 0 amide bonds. The SMILES string of the molecule is C=C(C)C1=C(CC)CC1c1ccccc1. The Bertz CT molecular complexity index is 395. The van der Waals surface area contributed by atoms with Crippen molar-refractivity contribution in [2.24, 2.45) is 0 Å². The van der Waals surface area contributed by atoms with Gasteiger partial charge in [-0.25, -0.2) is 0 Å². The van der Waals surface area contributed by atoms with Crippen molar-refractivity contribution in [3.05, 3.63) is 59.2 Å². The molecule has 0 heterocycles. The summed E-state index contributed by atoms with van der Waals surface area (Å²) in [7, 11) is 0. The van der Waals surface area contributed by atoms with Gasteiger partial charge in [0.15, 0.2) is 0 Å². The van der Waals surface area contributed by atoms with Crippen LogP contribution < -0.4 is 0 Å². The molecule has 78 valence electrons. The molecule has 0 spiro atoms. The molecule has 0 N–H and O–H groups in total. The van der Waals surface area contributed by atoms with Gasteiger partial charge in [0.2, 0.25) is 0 Å². The highest BCUT2D eigenvalue weighted by atomic mass is 14.3. The van der Waals surface area contributed by atoms with Crippen molar-refractivity contribution >= 4 is 0 Å². The second-order valence-electron chi connectivity index (χ2n) is 4.32. The normalized spacial score (nSPS) is 20.0. The third-order valence-electron chi connectivity index (χ3n) is 3.27. The van der Waals surface area contributed by atoms with Gasteiger partial charge >= 0.3 is 0 Å². The van der Waals surface area contributed by atoms with E-state index in [1.807, 2.05) is 0 Å². The average Bonchev–Trinajstić information content (AvgIpc) is 2.17. The van der Waals surface area contributed by atoms with E-state index in [1.54, 1.807) is 5.57 Å². The van der Waals surface area contributed by atoms with Gasteiger partial charge < -0.3 is 0 Å². The Morgan fingerprint density at radius 1 is 1.33 bits per heavy atom. The van der Waals surface area contributed by atoms with Crippen LogP contribution in [0.2, 0.25) is 0 Å². The second kappa shape index (κ2) is 4.06. The van der Waals surface area contributed by atoms with Gasteiger partial charge in [-0.2, -0.15) is 0 Å². The molecule has 0 radical (unpaired) electrons. The number of hydrogen-bond acceptors (Lipinski definition) is 0. The van der Waals surface area contributed by atoms with Crippen LogP contribution in [0.4, 0.5) is 0 Å². The number of benzene rings is 1. The molecular formula is C15H18. The summed E-state index contributed by atoms with van der Waals surface area (Å²) in [6.45, 7) is 8.45. The number of rotatable bonds is 3. The highest BCUT2D eigenvalue weighted by molar-refractivity contribution is 5.50. The summed E-state index contributed by atoms with van der Waals surface area (Å²) in [4.78, 5) is 0. The lowest BCUT2D eigenvalue weighted by atomic mass is 9.70. The van der Waals surface area contributed by atoms with Crippen molar-refractivity contribution in [1.29, 1.82) is 0 Å². The summed E-state index contributed by atoms with van der Waals surface area (Å²) >= 11 is 0. The molecule has 1 aliphatic carbocycles. The van der Waals surface area contributed by atoms with Gasteiger partial charge in [0.05, 0.1) is 0 Å². The van der Waals surface area contributed by atoms with E-state index in [-0.39, 0.29) is 0 Å². The van der Waals surface area contributed by atoms with Gasteiger partial charge in [-0.3, -0.25) is 0 Å². The summed E-state index contributed by atoms with van der Waals surface area (Å²) < 4.78 is 0. The fraction of sp³-hybridized carbons (Fsp3) is 0.333. The number of allylic oxidation sites excluding steroid dienone is 3. The molecule has 1 aromatic carbocycles. The van der Waals surface area contributed by atoms with Crippen LogP contribution in [-0.4, -0.2) is 0 Å². The molecule has 0 nitrogen and oxygen atoms in total. The van der Waals surface area contributed by atoms with Crippen LogP contribution >= 0.6 is 0 Å². The maximum atomic E-state index is 4.09. The van der Waals surface area contributed by atoms with Crippen LogP contribution in [0.25, 0.3) is 0 Å². The molecule has 1 aromatic rings. The van der Waals surface area contributed by atoms with Gasteiger partial charge in [-0.05, 0) is 30.9 Å². The zero-order valence-corrected chi connectivity index (χ0v) is 9.59. The zero-order chi connectivity index (χ0) is 10.8. The quantitative estimate of drug-likeness (QED) is 0.672. The topological polar surface area (TPSA) is 0 Å². The van der Waals surface area contributed by atoms with Crippen molar-refractivity contribution in [3.8, 4) is 0 Å². The molecule has 0 saturated carbocycles. The van der Waals surface area contributed by atoms with E-state index in [4.69, 9.17) is 0 Å². The van der Waals surface area contributed by atoms with E-state index in [9.17, 15) is 0 Å². The summed E-state index contributed by atoms with van der Waals surface area (Å²) in [5.41, 5.74) is 5.78. The lowest BCUT2D eigenvalue weighted by Crippen LogP contribution is -2.17. The fourth-order valence-electron chi connectivity index (χ4n) is 2.48. The van der Waals surface area contributed by atoms with Gasteiger partial charge in [-0.15, -0.1) is 0 Å². The van der Waals surface area contributed by atoms with Crippen LogP contribution in [-0.2, 0) is 0 Å². The summed E-state index contributed by atoms with van der Waals surface area (Å²) in [5, 5.41) is 0. The van der Waals surface area contributed by atoms with Crippen molar-refractivity contribution in [3.63, 3.8) is 0 Å². The summed E-state index contributed by atoms with van der Waals surface area (Å²) in [6, 6.07) is 10.8. The Morgan fingerprint density at radius 2 is 2.00 bits per heavy atom. The van der Waals surface area contributed by atoms with Crippen molar-refractivity contribution in [1.82, 2.24) is 0 Å². The lowest BCUT2D eigenvalue weighted by molar-refractivity contribution is 0.660. The van der Waals surface area contributed by atoms with Crippen LogP contribution in [0.5, 0.6) is 0 Å². The molecule has 1 unspecified atom stereocenters. The molecule has 15 heavy (non-hydrogen) atoms. The molecule has 0 heteroatoms. The van der Waals surface area contributed by atoms with E-state index in [0.717, 1.165) is 0 Å². The lowest BCUT2D eigenvalue weighted by Gasteiger charge is -2.34. The smallest absolute Gasteiger partial charge is 0.0129 e. The van der Waals surface area contributed by atoms with Crippen molar-refractivity contribution in [2.75, 3.05) is 0 Å². The molecular weight excluding hydrogens is 180 g/mol. The largest absolute Gasteiger partial charge is 0.0958 e. The Kier molecular flexibility index (Phi) is 2.77. The third kappa shape index (κ3) is 1.77. The molecule has 1 aliphatic rings. The molecule has 0 aliphatic heterocycles. The Morgan fingerprint density at radius 3 is 2.53 bits per heavy atom. The van der Waals surface area contributed by atoms with Gasteiger partial charge in [0.25, 0.3) is 0 Å². The van der Waals surface area contributed by atoms with E-state index < -0.39 is 0 Å². The maximum absolute atomic E-state index is 4.09. The minimum Gasteiger partial charge on any atom is -0.0958 e. The van der Waals surface area contributed by atoms with Crippen molar-refractivity contribution < 1.29 is 0 Å². The Balaban J connectivity index is 2.30. The highest BCUT2D eigenvalue weighted by Gasteiger charge is 2.29. The van der Waals surface area contributed by atoms with E-state index >= 15 is 0 Å². The van der Waals surface area contributed by atoms with Gasteiger partial charge in [0.1, 0.15) is 0 Å². The maximum Gasteiger partial charge on any atom is 0.0129 e. The first kappa shape index (κ1) is 10.2. The van der Waals surface area contributed by atoms with Crippen LogP contribution in [0.1, 0.15) is 38.2 Å². The second-order valence-corrected chi connectivity index (χ2v) is 4.32. The minimum atomic E-state index is 0.610. The standard InChI is InChI=1S/C15H18/c1-4-12-10-14(15(12)11(2)3)13-8-6-5-7-9-13/h5-9,14H,2,4,10H2,1,3H3. The van der Waals surface area contributed by atoms with E-state index in [0.29, 0.717) is 5.92 Å². The molecule has 0 aromatic heterocycles. The molecule has 0 fully saturated rings. The monoisotopic (exact) mass is 198 g/mol. The predicted octanol–water partition coefficient (Wildman–Crippen LogP) is 4.46. The van der Waals surface area contributed by atoms with Crippen LogP contribution in [0, 0.1) is 0 Å². The first-order valence-electron chi connectivity index (χ1n) is 5.66. The van der Waals surface area contributed by atoms with E-state index in [1.165, 1.54) is 29.6 Å². The molecule has 0 bridgehead atoms. The summed E-state index contributed by atoms with van der Waals surface area (Å²) in [5.74, 6) is 0.610. The fourth-order valence-corrected chi connectivity index (χ4v) is 2.48. The highest BCUT2D eigenvalue weighted by Crippen LogP contribution is 2.46. The van der Waals surface area contributed by atoms with E-state index in [2.05, 4.69) is 50.8 Å². The average molecular weight is 198 g/mol. The predicted molar refractivity (Wildman–Crippen MR) is 65.9 cm³/mol. The third-order valence-corrected chi connectivity index (χ3v) is 3.27. The van der Waals surface area contributed by atoms with Crippen LogP contribution in [0.15, 0.2) is 53.6 Å². The zero-order valence-electron chi connectivity index (χ0n) is 9.59. The van der Waals surface area contributed by atoms with Gasteiger partial charge in [-0.1, -0.05) is 55.0 Å². The summed E-state index contributed by atoms with van der Waals surface area (Å²) in [6.07, 6.45) is 2.40. The van der Waals surface area contributed by atoms with Gasteiger partial charge in [0, 0.05) is 5.92 Å². The molecule has 2 rings (SSSR count). The Hall–Kier alpha value is -1.30.